The molecular formula is C17H21NO3. The van der Waals surface area contributed by atoms with Crippen molar-refractivity contribution < 1.29 is 14.7 Å². The molecule has 3 rings (SSSR count). The zero-order valence-electron chi connectivity index (χ0n) is 12.3. The fraction of sp³-hybridized carbons (Fsp3) is 0.529. The average Bonchev–Trinajstić information content (AvgIpc) is 2.43. The number of carboxylic acid groups (broad SMARTS) is 1. The first kappa shape index (κ1) is 14.1. The van der Waals surface area contributed by atoms with Gasteiger partial charge in [0.15, 0.2) is 0 Å². The highest BCUT2D eigenvalue weighted by Gasteiger charge is 2.44. The van der Waals surface area contributed by atoms with Crippen LogP contribution < -0.4 is 5.32 Å². The number of amides is 1. The molecule has 1 aromatic rings. The van der Waals surface area contributed by atoms with Crippen molar-refractivity contribution in [2.75, 3.05) is 0 Å². The molecule has 0 aliphatic heterocycles. The molecule has 2 aliphatic rings. The highest BCUT2D eigenvalue weighted by molar-refractivity contribution is 5.92. The minimum atomic E-state index is -1.06. The van der Waals surface area contributed by atoms with E-state index in [1.54, 1.807) is 0 Å². The molecule has 4 nitrogen and oxygen atoms in total. The zero-order valence-corrected chi connectivity index (χ0v) is 12.3. The van der Waals surface area contributed by atoms with Crippen molar-refractivity contribution in [3.8, 4) is 0 Å². The Morgan fingerprint density at radius 1 is 1.24 bits per heavy atom. The van der Waals surface area contributed by atoms with Crippen molar-refractivity contribution in [2.45, 2.75) is 50.5 Å². The third kappa shape index (κ3) is 2.43. The number of carbonyl (C=O) groups is 2. The largest absolute Gasteiger partial charge is 0.480 e. The van der Waals surface area contributed by atoms with Gasteiger partial charge in [-0.3, -0.25) is 4.79 Å². The summed E-state index contributed by atoms with van der Waals surface area (Å²) < 4.78 is 0. The molecule has 1 atom stereocenters. The lowest BCUT2D eigenvalue weighted by Gasteiger charge is -2.39. The first-order chi connectivity index (χ1) is 10.0. The van der Waals surface area contributed by atoms with Gasteiger partial charge in [0.05, 0.1) is 5.92 Å². The molecule has 1 fully saturated rings. The van der Waals surface area contributed by atoms with E-state index in [1.165, 1.54) is 5.56 Å². The molecule has 0 aromatic heterocycles. The third-order valence-corrected chi connectivity index (χ3v) is 5.07. The van der Waals surface area contributed by atoms with E-state index in [0.717, 1.165) is 18.4 Å². The van der Waals surface area contributed by atoms with Gasteiger partial charge in [0.2, 0.25) is 5.91 Å². The molecule has 1 amide bonds. The summed E-state index contributed by atoms with van der Waals surface area (Å²) in [6, 6.07) is 7.87. The maximum Gasteiger partial charge on any atom is 0.329 e. The fourth-order valence-corrected chi connectivity index (χ4v) is 3.46. The highest BCUT2D eigenvalue weighted by Crippen LogP contribution is 2.37. The Balaban J connectivity index is 1.73. The van der Waals surface area contributed by atoms with Crippen LogP contribution in [0.3, 0.4) is 0 Å². The van der Waals surface area contributed by atoms with Crippen LogP contribution in [0.25, 0.3) is 0 Å². The maximum atomic E-state index is 12.5. The summed E-state index contributed by atoms with van der Waals surface area (Å²) in [7, 11) is 0. The molecule has 0 radical (unpaired) electrons. The molecular weight excluding hydrogens is 266 g/mol. The summed E-state index contributed by atoms with van der Waals surface area (Å²) in [4.78, 5) is 24.2. The Kier molecular flexibility index (Phi) is 3.47. The standard InChI is InChI=1S/C17H21NO3/c1-11-6-8-17(9-7-11,16(20)21)18-15(19)14-10-12-4-2-3-5-13(12)14/h2-5,11,14H,6-10H2,1H3,(H,18,19)(H,20,21). The molecule has 21 heavy (non-hydrogen) atoms. The van der Waals surface area contributed by atoms with Crippen LogP contribution in [0, 0.1) is 5.92 Å². The molecule has 1 saturated carbocycles. The van der Waals surface area contributed by atoms with Gasteiger partial charge >= 0.3 is 5.97 Å². The monoisotopic (exact) mass is 287 g/mol. The van der Waals surface area contributed by atoms with Gasteiger partial charge in [-0.25, -0.2) is 4.79 Å². The molecule has 2 aliphatic carbocycles. The van der Waals surface area contributed by atoms with Crippen LogP contribution in [0.15, 0.2) is 24.3 Å². The van der Waals surface area contributed by atoms with E-state index in [4.69, 9.17) is 0 Å². The number of carboxylic acids is 1. The van der Waals surface area contributed by atoms with E-state index in [1.807, 2.05) is 24.3 Å². The van der Waals surface area contributed by atoms with Crippen molar-refractivity contribution in [1.29, 1.82) is 0 Å². The number of hydrogen-bond acceptors (Lipinski definition) is 2. The first-order valence-electron chi connectivity index (χ1n) is 7.65. The normalized spacial score (nSPS) is 30.9. The second kappa shape index (κ2) is 5.17. The number of benzene rings is 1. The fourth-order valence-electron chi connectivity index (χ4n) is 3.46. The smallest absolute Gasteiger partial charge is 0.329 e. The van der Waals surface area contributed by atoms with Gasteiger partial charge in [-0.05, 0) is 49.1 Å². The minimum Gasteiger partial charge on any atom is -0.480 e. The van der Waals surface area contributed by atoms with Crippen molar-refractivity contribution in [3.05, 3.63) is 35.4 Å². The van der Waals surface area contributed by atoms with Crippen LogP contribution in [-0.2, 0) is 16.0 Å². The predicted molar refractivity (Wildman–Crippen MR) is 79.0 cm³/mol. The Labute approximate surface area is 124 Å². The Bertz CT molecular complexity index is 573. The summed E-state index contributed by atoms with van der Waals surface area (Å²) in [5.74, 6) is -0.670. The summed E-state index contributed by atoms with van der Waals surface area (Å²) in [5, 5.41) is 12.4. The SMILES string of the molecule is CC1CCC(NC(=O)C2Cc3ccccc32)(C(=O)O)CC1. The molecule has 4 heteroatoms. The van der Waals surface area contributed by atoms with Gasteiger partial charge < -0.3 is 10.4 Å². The van der Waals surface area contributed by atoms with Crippen LogP contribution in [0.2, 0.25) is 0 Å². The zero-order chi connectivity index (χ0) is 15.0. The summed E-state index contributed by atoms with van der Waals surface area (Å²) in [6.45, 7) is 2.13. The first-order valence-corrected chi connectivity index (χ1v) is 7.65. The molecule has 0 bridgehead atoms. The number of nitrogens with one attached hydrogen (secondary N) is 1. The second-order valence-corrected chi connectivity index (χ2v) is 6.51. The summed E-state index contributed by atoms with van der Waals surface area (Å²) >= 11 is 0. The van der Waals surface area contributed by atoms with E-state index in [2.05, 4.69) is 12.2 Å². The van der Waals surface area contributed by atoms with E-state index in [-0.39, 0.29) is 11.8 Å². The average molecular weight is 287 g/mol. The quantitative estimate of drug-likeness (QED) is 0.897. The topological polar surface area (TPSA) is 66.4 Å². The van der Waals surface area contributed by atoms with E-state index in [0.29, 0.717) is 25.2 Å². The van der Waals surface area contributed by atoms with E-state index in [9.17, 15) is 14.7 Å². The van der Waals surface area contributed by atoms with Crippen LogP contribution >= 0.6 is 0 Å². The molecule has 2 N–H and O–H groups in total. The number of hydrogen-bond donors (Lipinski definition) is 2. The van der Waals surface area contributed by atoms with Crippen molar-refractivity contribution >= 4 is 11.9 Å². The molecule has 112 valence electrons. The number of fused-ring (bicyclic) bond motifs is 1. The van der Waals surface area contributed by atoms with E-state index < -0.39 is 11.5 Å². The molecule has 0 saturated heterocycles. The summed E-state index contributed by atoms with van der Waals surface area (Å²) in [6.07, 6.45) is 3.49. The molecule has 1 aromatic carbocycles. The second-order valence-electron chi connectivity index (χ2n) is 6.51. The minimum absolute atomic E-state index is 0.134. The predicted octanol–water partition coefficient (Wildman–Crippen LogP) is 2.48. The van der Waals surface area contributed by atoms with Gasteiger partial charge in [-0.2, -0.15) is 0 Å². The Morgan fingerprint density at radius 3 is 2.52 bits per heavy atom. The van der Waals surface area contributed by atoms with Gasteiger partial charge in [0, 0.05) is 0 Å². The van der Waals surface area contributed by atoms with Gasteiger partial charge in [0.1, 0.15) is 5.54 Å². The van der Waals surface area contributed by atoms with Crippen LogP contribution in [0.4, 0.5) is 0 Å². The summed E-state index contributed by atoms with van der Waals surface area (Å²) in [5.41, 5.74) is 1.17. The lowest BCUT2D eigenvalue weighted by atomic mass is 9.74. The maximum absolute atomic E-state index is 12.5. The van der Waals surface area contributed by atoms with Crippen molar-refractivity contribution in [2.24, 2.45) is 5.92 Å². The van der Waals surface area contributed by atoms with Gasteiger partial charge in [-0.15, -0.1) is 0 Å². The number of carbonyl (C=O) groups excluding carboxylic acids is 1. The van der Waals surface area contributed by atoms with Crippen molar-refractivity contribution in [3.63, 3.8) is 0 Å². The molecule has 1 unspecified atom stereocenters. The third-order valence-electron chi connectivity index (χ3n) is 5.07. The van der Waals surface area contributed by atoms with E-state index >= 15 is 0 Å². The number of aliphatic carboxylic acids is 1. The van der Waals surface area contributed by atoms with Gasteiger partial charge in [0.25, 0.3) is 0 Å². The highest BCUT2D eigenvalue weighted by atomic mass is 16.4. The molecule has 0 spiro atoms. The Morgan fingerprint density at radius 2 is 1.90 bits per heavy atom. The van der Waals surface area contributed by atoms with Crippen molar-refractivity contribution in [1.82, 2.24) is 5.32 Å². The van der Waals surface area contributed by atoms with Crippen LogP contribution in [0.1, 0.15) is 49.7 Å². The Hall–Kier alpha value is -1.84. The lowest BCUT2D eigenvalue weighted by molar-refractivity contribution is -0.150. The van der Waals surface area contributed by atoms with Gasteiger partial charge in [-0.1, -0.05) is 31.2 Å². The van der Waals surface area contributed by atoms with Crippen LogP contribution in [-0.4, -0.2) is 22.5 Å². The lowest BCUT2D eigenvalue weighted by Crippen LogP contribution is -2.58. The number of rotatable bonds is 3. The molecule has 0 heterocycles. The van der Waals surface area contributed by atoms with Crippen LogP contribution in [0.5, 0.6) is 0 Å².